The number of aromatic nitrogens is 1. The van der Waals surface area contributed by atoms with E-state index in [4.69, 9.17) is 14.9 Å². The maximum Gasteiger partial charge on any atom is 0.270 e. The van der Waals surface area contributed by atoms with Gasteiger partial charge in [0, 0.05) is 24.0 Å². The second kappa shape index (κ2) is 6.40. The summed E-state index contributed by atoms with van der Waals surface area (Å²) >= 11 is 0. The first-order valence-corrected chi connectivity index (χ1v) is 6.37. The topological polar surface area (TPSA) is 85.8 Å². The molecule has 0 aliphatic heterocycles. The van der Waals surface area contributed by atoms with E-state index in [9.17, 15) is 4.79 Å². The Morgan fingerprint density at radius 3 is 2.55 bits per heavy atom. The molecule has 0 aliphatic rings. The zero-order chi connectivity index (χ0) is 14.5. The van der Waals surface area contributed by atoms with Crippen molar-refractivity contribution in [2.24, 2.45) is 0 Å². The van der Waals surface area contributed by atoms with E-state index in [0.29, 0.717) is 5.69 Å². The van der Waals surface area contributed by atoms with Crippen LogP contribution < -0.4 is 4.74 Å². The van der Waals surface area contributed by atoms with E-state index >= 15 is 0 Å². The minimum absolute atomic E-state index is 0.139. The fraction of sp³-hybridized carbons (Fsp3) is 0.357. The van der Waals surface area contributed by atoms with Crippen molar-refractivity contribution in [2.75, 3.05) is 33.4 Å². The second-order valence-electron chi connectivity index (χ2n) is 4.38. The van der Waals surface area contributed by atoms with Crippen LogP contribution in [0.15, 0.2) is 24.3 Å². The Morgan fingerprint density at radius 2 is 1.95 bits per heavy atom. The largest absolute Gasteiger partial charge is 0.497 e. The molecule has 3 N–H and O–H groups in total. The van der Waals surface area contributed by atoms with Crippen LogP contribution in [0.25, 0.3) is 10.9 Å². The molecule has 0 aliphatic carbocycles. The fourth-order valence-electron chi connectivity index (χ4n) is 2.08. The van der Waals surface area contributed by atoms with Gasteiger partial charge in [-0.1, -0.05) is 0 Å². The molecule has 0 bridgehead atoms. The van der Waals surface area contributed by atoms with E-state index in [1.807, 2.05) is 18.2 Å². The van der Waals surface area contributed by atoms with Gasteiger partial charge in [-0.15, -0.1) is 0 Å². The van der Waals surface area contributed by atoms with Crippen molar-refractivity contribution >= 4 is 16.8 Å². The van der Waals surface area contributed by atoms with E-state index in [-0.39, 0.29) is 32.2 Å². The number of carbonyl (C=O) groups is 1. The van der Waals surface area contributed by atoms with Crippen molar-refractivity contribution in [3.63, 3.8) is 0 Å². The van der Waals surface area contributed by atoms with Crippen molar-refractivity contribution in [3.05, 3.63) is 30.0 Å². The summed E-state index contributed by atoms with van der Waals surface area (Å²) in [7, 11) is 1.59. The lowest BCUT2D eigenvalue weighted by Crippen LogP contribution is -2.36. The van der Waals surface area contributed by atoms with Crippen molar-refractivity contribution in [1.82, 2.24) is 9.88 Å². The standard InChI is InChI=1S/C14H18N2O4/c1-20-11-2-3-12-10(8-11)9-13(15-12)14(19)16(4-6-17)5-7-18/h2-3,8-9,15,17-18H,4-7H2,1H3. The lowest BCUT2D eigenvalue weighted by atomic mass is 10.2. The number of H-pyrrole nitrogens is 1. The minimum Gasteiger partial charge on any atom is -0.497 e. The molecule has 0 atom stereocenters. The Bertz CT molecular complexity index is 588. The van der Waals surface area contributed by atoms with E-state index in [0.717, 1.165) is 16.7 Å². The van der Waals surface area contributed by atoms with Crippen LogP contribution in [-0.4, -0.2) is 59.4 Å². The normalized spacial score (nSPS) is 10.8. The Hall–Kier alpha value is -2.05. The van der Waals surface area contributed by atoms with Gasteiger partial charge < -0.3 is 24.8 Å². The number of amides is 1. The van der Waals surface area contributed by atoms with Gasteiger partial charge >= 0.3 is 0 Å². The number of nitrogens with zero attached hydrogens (tertiary/aromatic N) is 1. The summed E-state index contributed by atoms with van der Waals surface area (Å²) in [5, 5.41) is 18.8. The third kappa shape index (κ3) is 2.92. The van der Waals surface area contributed by atoms with Crippen LogP contribution in [0, 0.1) is 0 Å². The summed E-state index contributed by atoms with van der Waals surface area (Å²) in [6.07, 6.45) is 0. The van der Waals surface area contributed by atoms with Crippen LogP contribution in [-0.2, 0) is 0 Å². The van der Waals surface area contributed by atoms with Crippen LogP contribution in [0.5, 0.6) is 5.75 Å². The molecule has 6 heteroatoms. The van der Waals surface area contributed by atoms with E-state index < -0.39 is 0 Å². The summed E-state index contributed by atoms with van der Waals surface area (Å²) in [5.74, 6) is 0.473. The lowest BCUT2D eigenvalue weighted by Gasteiger charge is -2.19. The maximum atomic E-state index is 12.3. The van der Waals surface area contributed by atoms with Crippen molar-refractivity contribution in [3.8, 4) is 5.75 Å². The van der Waals surface area contributed by atoms with Crippen LogP contribution in [0.2, 0.25) is 0 Å². The average molecular weight is 278 g/mol. The number of benzene rings is 1. The number of fused-ring (bicyclic) bond motifs is 1. The predicted octanol–water partition coefficient (Wildman–Crippen LogP) is 0.603. The molecular formula is C14H18N2O4. The van der Waals surface area contributed by atoms with E-state index in [1.54, 1.807) is 13.2 Å². The van der Waals surface area contributed by atoms with Gasteiger partial charge in [-0.2, -0.15) is 0 Å². The van der Waals surface area contributed by atoms with Gasteiger partial charge in [0.1, 0.15) is 11.4 Å². The fourth-order valence-corrected chi connectivity index (χ4v) is 2.08. The molecule has 108 valence electrons. The summed E-state index contributed by atoms with van der Waals surface area (Å²) < 4.78 is 5.14. The predicted molar refractivity (Wildman–Crippen MR) is 74.9 cm³/mol. The van der Waals surface area contributed by atoms with Gasteiger partial charge in [0.2, 0.25) is 0 Å². The molecule has 0 fully saturated rings. The molecule has 1 heterocycles. The third-order valence-corrected chi connectivity index (χ3v) is 3.09. The quantitative estimate of drug-likeness (QED) is 0.722. The minimum atomic E-state index is -0.247. The molecule has 1 amide bonds. The molecule has 1 aromatic heterocycles. The number of aliphatic hydroxyl groups excluding tert-OH is 2. The maximum absolute atomic E-state index is 12.3. The van der Waals surface area contributed by atoms with Crippen LogP contribution in [0.4, 0.5) is 0 Å². The highest BCUT2D eigenvalue weighted by atomic mass is 16.5. The monoisotopic (exact) mass is 278 g/mol. The molecule has 0 radical (unpaired) electrons. The zero-order valence-electron chi connectivity index (χ0n) is 11.3. The molecule has 6 nitrogen and oxygen atoms in total. The number of carbonyl (C=O) groups excluding carboxylic acids is 1. The first-order valence-electron chi connectivity index (χ1n) is 6.37. The van der Waals surface area contributed by atoms with E-state index in [1.165, 1.54) is 4.90 Å². The Kier molecular flexibility index (Phi) is 4.60. The number of methoxy groups -OCH3 is 1. The highest BCUT2D eigenvalue weighted by molar-refractivity contribution is 5.98. The number of hydrogen-bond donors (Lipinski definition) is 3. The number of nitrogens with one attached hydrogen (secondary N) is 1. The summed E-state index contributed by atoms with van der Waals surface area (Å²) in [6, 6.07) is 7.23. The number of hydrogen-bond acceptors (Lipinski definition) is 4. The molecule has 0 spiro atoms. The smallest absolute Gasteiger partial charge is 0.270 e. The van der Waals surface area contributed by atoms with Gasteiger partial charge in [0.25, 0.3) is 5.91 Å². The van der Waals surface area contributed by atoms with Gasteiger partial charge in [-0.25, -0.2) is 0 Å². The van der Waals surface area contributed by atoms with Crippen LogP contribution >= 0.6 is 0 Å². The Morgan fingerprint density at radius 1 is 1.25 bits per heavy atom. The number of ether oxygens (including phenoxy) is 1. The number of rotatable bonds is 6. The van der Waals surface area contributed by atoms with Gasteiger partial charge in [-0.3, -0.25) is 4.79 Å². The number of aromatic amines is 1. The zero-order valence-corrected chi connectivity index (χ0v) is 11.3. The second-order valence-corrected chi connectivity index (χ2v) is 4.38. The molecule has 2 rings (SSSR count). The van der Waals surface area contributed by atoms with Crippen molar-refractivity contribution in [2.45, 2.75) is 0 Å². The molecule has 2 aromatic rings. The number of aliphatic hydroxyl groups is 2. The van der Waals surface area contributed by atoms with Crippen LogP contribution in [0.3, 0.4) is 0 Å². The van der Waals surface area contributed by atoms with Gasteiger partial charge in [-0.05, 0) is 24.3 Å². The molecule has 0 unspecified atom stereocenters. The Labute approximate surface area is 116 Å². The molecule has 20 heavy (non-hydrogen) atoms. The molecule has 0 saturated heterocycles. The summed E-state index contributed by atoms with van der Waals surface area (Å²) in [4.78, 5) is 16.7. The average Bonchev–Trinajstić information content (AvgIpc) is 2.89. The molecule has 1 aromatic carbocycles. The van der Waals surface area contributed by atoms with Gasteiger partial charge in [0.15, 0.2) is 0 Å². The Balaban J connectivity index is 2.29. The van der Waals surface area contributed by atoms with Crippen molar-refractivity contribution in [1.29, 1.82) is 0 Å². The molecular weight excluding hydrogens is 260 g/mol. The highest BCUT2D eigenvalue weighted by Crippen LogP contribution is 2.22. The lowest BCUT2D eigenvalue weighted by molar-refractivity contribution is 0.0680. The molecule has 0 saturated carbocycles. The summed E-state index contributed by atoms with van der Waals surface area (Å²) in [5.41, 5.74) is 1.26. The highest BCUT2D eigenvalue weighted by Gasteiger charge is 2.17. The first-order chi connectivity index (χ1) is 9.69. The van der Waals surface area contributed by atoms with E-state index in [2.05, 4.69) is 4.98 Å². The summed E-state index contributed by atoms with van der Waals surface area (Å²) in [6.45, 7) is 0.107. The van der Waals surface area contributed by atoms with Gasteiger partial charge in [0.05, 0.1) is 20.3 Å². The third-order valence-electron chi connectivity index (χ3n) is 3.09. The van der Waals surface area contributed by atoms with Crippen molar-refractivity contribution < 1.29 is 19.7 Å². The first kappa shape index (κ1) is 14.4. The van der Waals surface area contributed by atoms with Crippen LogP contribution in [0.1, 0.15) is 10.5 Å². The SMILES string of the molecule is COc1ccc2[nH]c(C(=O)N(CCO)CCO)cc2c1.